The molecule has 2 amide bonds. The van der Waals surface area contributed by atoms with E-state index in [2.05, 4.69) is 0 Å². The number of likely N-dealkylation sites (N-methyl/N-ethyl adjacent to an activating group) is 1. The molecule has 2 rings (SSSR count). The maximum Gasteiger partial charge on any atom is 0.297 e. The molecule has 0 unspecified atom stereocenters. The number of Topliss-reactive ketones (excluding diaryl/α,β-unsaturated/α-hetero) is 1. The van der Waals surface area contributed by atoms with Gasteiger partial charge in [0.1, 0.15) is 11.7 Å². The van der Waals surface area contributed by atoms with Gasteiger partial charge in [0.2, 0.25) is 11.7 Å². The van der Waals surface area contributed by atoms with Crippen molar-refractivity contribution in [3.05, 3.63) is 35.9 Å². The van der Waals surface area contributed by atoms with Crippen molar-refractivity contribution in [2.24, 2.45) is 0 Å². The number of ketones is 1. The molecule has 5 heteroatoms. The zero-order valence-electron chi connectivity index (χ0n) is 12.1. The molecule has 1 aromatic rings. The summed E-state index contributed by atoms with van der Waals surface area (Å²) in [6.07, 6.45) is 0. The Morgan fingerprint density at radius 3 is 2.15 bits per heavy atom. The average Bonchev–Trinajstić information content (AvgIpc) is 2.59. The predicted octanol–water partition coefficient (Wildman–Crippen LogP) is 1.29. The third-order valence-corrected chi connectivity index (χ3v) is 3.93. The summed E-state index contributed by atoms with van der Waals surface area (Å²) in [7, 11) is 1.64. The molecular formula is C15H18N2O3. The molecule has 0 bridgehead atoms. The zero-order chi connectivity index (χ0) is 15.1. The molecule has 0 N–H and O–H groups in total. The lowest BCUT2D eigenvalue weighted by molar-refractivity contribution is -0.134. The smallest absolute Gasteiger partial charge is 0.297 e. The molecule has 1 fully saturated rings. The molecule has 1 aliphatic heterocycles. The molecule has 1 aliphatic rings. The third-order valence-electron chi connectivity index (χ3n) is 3.93. The third kappa shape index (κ3) is 1.99. The largest absolute Gasteiger partial charge is 0.321 e. The van der Waals surface area contributed by atoms with Gasteiger partial charge < -0.3 is 9.80 Å². The molecule has 1 aromatic carbocycles. The normalized spacial score (nSPS) is 21.2. The van der Waals surface area contributed by atoms with Crippen molar-refractivity contribution in [3.63, 3.8) is 0 Å². The minimum atomic E-state index is -0.808. The van der Waals surface area contributed by atoms with Crippen LogP contribution in [0.3, 0.4) is 0 Å². The topological polar surface area (TPSA) is 57.7 Å². The summed E-state index contributed by atoms with van der Waals surface area (Å²) < 4.78 is 0. The van der Waals surface area contributed by atoms with Crippen LogP contribution in [0.15, 0.2) is 30.3 Å². The predicted molar refractivity (Wildman–Crippen MR) is 73.9 cm³/mol. The monoisotopic (exact) mass is 274 g/mol. The Labute approximate surface area is 118 Å². The Morgan fingerprint density at radius 1 is 1.15 bits per heavy atom. The lowest BCUT2D eigenvalue weighted by Crippen LogP contribution is -2.53. The number of hydrogen-bond acceptors (Lipinski definition) is 3. The summed E-state index contributed by atoms with van der Waals surface area (Å²) in [6, 6.07) is 7.75. The number of hydrogen-bond donors (Lipinski definition) is 0. The fourth-order valence-corrected chi connectivity index (χ4v) is 2.54. The Bertz CT molecular complexity index is 566. The van der Waals surface area contributed by atoms with Crippen LogP contribution in [0.4, 0.5) is 0 Å². The van der Waals surface area contributed by atoms with Crippen molar-refractivity contribution >= 4 is 17.6 Å². The number of amides is 2. The molecule has 0 spiro atoms. The summed E-state index contributed by atoms with van der Waals surface area (Å²) in [4.78, 5) is 39.6. The van der Waals surface area contributed by atoms with Crippen LogP contribution in [-0.4, -0.2) is 46.1 Å². The molecule has 0 aliphatic carbocycles. The van der Waals surface area contributed by atoms with Gasteiger partial charge in [0.05, 0.1) is 0 Å². The quantitative estimate of drug-likeness (QED) is 0.603. The molecule has 20 heavy (non-hydrogen) atoms. The van der Waals surface area contributed by atoms with Gasteiger partial charge in [-0.3, -0.25) is 14.4 Å². The van der Waals surface area contributed by atoms with Gasteiger partial charge in [0, 0.05) is 12.6 Å². The molecule has 0 saturated carbocycles. The Morgan fingerprint density at radius 2 is 1.70 bits per heavy atom. The molecule has 1 saturated heterocycles. The van der Waals surface area contributed by atoms with E-state index < -0.39 is 23.4 Å². The second-order valence-electron chi connectivity index (χ2n) is 5.44. The lowest BCUT2D eigenvalue weighted by Gasteiger charge is -2.36. The highest BCUT2D eigenvalue weighted by Crippen LogP contribution is 2.30. The van der Waals surface area contributed by atoms with Crippen LogP contribution in [0.25, 0.3) is 0 Å². The van der Waals surface area contributed by atoms with E-state index >= 15 is 0 Å². The van der Waals surface area contributed by atoms with Crippen LogP contribution >= 0.6 is 0 Å². The summed E-state index contributed by atoms with van der Waals surface area (Å²) in [5.74, 6) is -1.40. The SMILES string of the molecule is C[C@H]1C(=O)N(C)C(C)(C)N1C(=O)C(=O)c1ccccc1. The molecule has 1 heterocycles. The van der Waals surface area contributed by atoms with Gasteiger partial charge in [-0.1, -0.05) is 30.3 Å². The number of rotatable bonds is 2. The fraction of sp³-hybridized carbons (Fsp3) is 0.400. The first-order valence-electron chi connectivity index (χ1n) is 6.49. The van der Waals surface area contributed by atoms with Gasteiger partial charge >= 0.3 is 0 Å². The van der Waals surface area contributed by atoms with E-state index in [1.807, 2.05) is 0 Å². The molecule has 0 aromatic heterocycles. The van der Waals surface area contributed by atoms with Crippen molar-refractivity contribution in [2.45, 2.75) is 32.5 Å². The molecular weight excluding hydrogens is 256 g/mol. The highest BCUT2D eigenvalue weighted by molar-refractivity contribution is 6.43. The van der Waals surface area contributed by atoms with E-state index in [-0.39, 0.29) is 5.91 Å². The standard InChI is InChI=1S/C15H18N2O3/c1-10-13(19)16(4)15(2,3)17(10)14(20)12(18)11-8-6-5-7-9-11/h5-10H,1-4H3/t10-/m0/s1. The number of carbonyl (C=O) groups is 3. The minimum Gasteiger partial charge on any atom is -0.321 e. The van der Waals surface area contributed by atoms with E-state index in [1.165, 1.54) is 9.80 Å². The van der Waals surface area contributed by atoms with Crippen LogP contribution < -0.4 is 0 Å². The van der Waals surface area contributed by atoms with Gasteiger partial charge in [-0.2, -0.15) is 0 Å². The van der Waals surface area contributed by atoms with Gasteiger partial charge in [-0.05, 0) is 20.8 Å². The lowest BCUT2D eigenvalue weighted by atomic mass is 10.1. The fourth-order valence-electron chi connectivity index (χ4n) is 2.54. The molecule has 106 valence electrons. The van der Waals surface area contributed by atoms with Crippen LogP contribution in [0.2, 0.25) is 0 Å². The van der Waals surface area contributed by atoms with Crippen molar-refractivity contribution in [2.75, 3.05) is 7.05 Å². The van der Waals surface area contributed by atoms with Crippen LogP contribution in [0.5, 0.6) is 0 Å². The first kappa shape index (κ1) is 14.2. The number of benzene rings is 1. The molecule has 1 atom stereocenters. The number of carbonyl (C=O) groups excluding carboxylic acids is 3. The van der Waals surface area contributed by atoms with Crippen LogP contribution in [0.1, 0.15) is 31.1 Å². The minimum absolute atomic E-state index is 0.163. The summed E-state index contributed by atoms with van der Waals surface area (Å²) >= 11 is 0. The van der Waals surface area contributed by atoms with Crippen molar-refractivity contribution in [3.8, 4) is 0 Å². The van der Waals surface area contributed by atoms with Gasteiger partial charge in [0.15, 0.2) is 0 Å². The highest BCUT2D eigenvalue weighted by Gasteiger charge is 2.51. The van der Waals surface area contributed by atoms with Gasteiger partial charge in [0.25, 0.3) is 5.91 Å². The van der Waals surface area contributed by atoms with E-state index in [1.54, 1.807) is 58.2 Å². The summed E-state index contributed by atoms with van der Waals surface area (Å²) in [6.45, 7) is 5.15. The highest BCUT2D eigenvalue weighted by atomic mass is 16.2. The van der Waals surface area contributed by atoms with Gasteiger partial charge in [-0.15, -0.1) is 0 Å². The van der Waals surface area contributed by atoms with E-state index in [4.69, 9.17) is 0 Å². The summed E-state index contributed by atoms with van der Waals surface area (Å²) in [5.41, 5.74) is -0.472. The van der Waals surface area contributed by atoms with E-state index in [9.17, 15) is 14.4 Å². The zero-order valence-corrected chi connectivity index (χ0v) is 12.1. The molecule has 0 radical (unpaired) electrons. The molecule has 5 nitrogen and oxygen atoms in total. The second-order valence-corrected chi connectivity index (χ2v) is 5.44. The van der Waals surface area contributed by atoms with Crippen LogP contribution in [-0.2, 0) is 9.59 Å². The van der Waals surface area contributed by atoms with Crippen molar-refractivity contribution < 1.29 is 14.4 Å². The maximum absolute atomic E-state index is 12.5. The average molecular weight is 274 g/mol. The Kier molecular flexibility index (Phi) is 3.38. The van der Waals surface area contributed by atoms with E-state index in [0.29, 0.717) is 5.56 Å². The number of nitrogens with zero attached hydrogens (tertiary/aromatic N) is 2. The maximum atomic E-state index is 12.5. The summed E-state index contributed by atoms with van der Waals surface area (Å²) in [5, 5.41) is 0. The van der Waals surface area contributed by atoms with Gasteiger partial charge in [-0.25, -0.2) is 0 Å². The second kappa shape index (κ2) is 4.74. The van der Waals surface area contributed by atoms with Crippen molar-refractivity contribution in [1.29, 1.82) is 0 Å². The Hall–Kier alpha value is -2.17. The van der Waals surface area contributed by atoms with Crippen molar-refractivity contribution in [1.82, 2.24) is 9.80 Å². The first-order valence-corrected chi connectivity index (χ1v) is 6.49. The first-order chi connectivity index (χ1) is 9.28. The van der Waals surface area contributed by atoms with Crippen LogP contribution in [0, 0.1) is 0 Å². The van der Waals surface area contributed by atoms with E-state index in [0.717, 1.165) is 0 Å². The Balaban J connectivity index is 2.34.